The summed E-state index contributed by atoms with van der Waals surface area (Å²) < 4.78 is 49.1. The molecule has 14 atom stereocenters. The highest BCUT2D eigenvalue weighted by atomic mass is 32.2. The van der Waals surface area contributed by atoms with Gasteiger partial charge < -0.3 is 33.7 Å². The molecule has 5 rings (SSSR count). The summed E-state index contributed by atoms with van der Waals surface area (Å²) in [6.45, 7) is 12.9. The number of aryl methyl sites for hydroxylation is 1. The summed E-state index contributed by atoms with van der Waals surface area (Å²) in [6, 6.07) is 3.27. The van der Waals surface area contributed by atoms with Gasteiger partial charge in [0.2, 0.25) is 0 Å². The van der Waals surface area contributed by atoms with Gasteiger partial charge in [0.25, 0.3) is 5.67 Å². The van der Waals surface area contributed by atoms with E-state index in [1.54, 1.807) is 64.1 Å². The monoisotopic (exact) mass is 833 g/mol. The third-order valence-electron chi connectivity index (χ3n) is 12.4. The number of aromatic nitrogens is 4. The number of thioether (sulfide) groups is 1. The lowest BCUT2D eigenvalue weighted by Crippen LogP contribution is -2.61. The van der Waals surface area contributed by atoms with Crippen molar-refractivity contribution < 1.29 is 52.4 Å². The van der Waals surface area contributed by atoms with Gasteiger partial charge in [0.15, 0.2) is 23.5 Å². The normalized spacial score (nSPS) is 39.2. The lowest BCUT2D eigenvalue weighted by Gasteiger charge is -2.47. The Morgan fingerprint density at radius 1 is 1.10 bits per heavy atom. The molecular weight excluding hydrogens is 774 g/mol. The van der Waals surface area contributed by atoms with Crippen molar-refractivity contribution in [3.63, 3.8) is 0 Å². The number of aliphatic hydroxyl groups excluding tert-OH is 1. The number of cyclic esters (lactones) is 1. The lowest BCUT2D eigenvalue weighted by atomic mass is 9.70. The number of alkyl halides is 1. The van der Waals surface area contributed by atoms with E-state index in [0.29, 0.717) is 24.5 Å². The van der Waals surface area contributed by atoms with Gasteiger partial charge in [-0.3, -0.25) is 24.0 Å². The highest BCUT2D eigenvalue weighted by Gasteiger charge is 2.62. The Hall–Kier alpha value is -3.35. The molecule has 0 saturated carbocycles. The smallest absolute Gasteiger partial charge is 0.351 e. The number of carbonyl (C=O) groups is 4. The average Bonchev–Trinajstić information content (AvgIpc) is 3.76. The first-order chi connectivity index (χ1) is 27.2. The van der Waals surface area contributed by atoms with Gasteiger partial charge in [-0.05, 0) is 73.2 Å². The summed E-state index contributed by atoms with van der Waals surface area (Å²) >= 11 is 1.29. The quantitative estimate of drug-likeness (QED) is 0.267. The molecule has 3 aliphatic rings. The zero-order valence-electron chi connectivity index (χ0n) is 35.4. The van der Waals surface area contributed by atoms with Gasteiger partial charge in [0.05, 0.1) is 24.4 Å². The van der Waals surface area contributed by atoms with E-state index in [1.807, 2.05) is 32.0 Å². The number of Topliss-reactive ketones (excluding diaryl/α,β-unsaturated/α-hetero) is 2. The molecule has 15 nitrogen and oxygen atoms in total. The van der Waals surface area contributed by atoms with E-state index in [0.717, 1.165) is 12.5 Å². The molecule has 0 amide bonds. The molecule has 17 heteroatoms. The second kappa shape index (κ2) is 18.1. The summed E-state index contributed by atoms with van der Waals surface area (Å²) in [6.07, 6.45) is 0.220. The number of fused-ring (bicyclic) bond motifs is 1. The zero-order chi connectivity index (χ0) is 42.9. The number of methoxy groups -OCH3 is 1. The Kier molecular flexibility index (Phi) is 14.3. The maximum atomic E-state index is 16.9. The number of nitrogens with zero attached hydrogens (tertiary/aromatic N) is 5. The lowest BCUT2D eigenvalue weighted by molar-refractivity contribution is -0.295. The molecule has 1 unspecified atom stereocenters. The largest absolute Gasteiger partial charge is 0.455 e. The average molecular weight is 834 g/mol. The summed E-state index contributed by atoms with van der Waals surface area (Å²) in [7, 11) is 5.04. The Morgan fingerprint density at radius 2 is 1.81 bits per heavy atom. The summed E-state index contributed by atoms with van der Waals surface area (Å²) in [5.41, 5.74) is -5.45. The molecule has 3 fully saturated rings. The second-order valence-corrected chi connectivity index (χ2v) is 18.1. The topological polar surface area (TPSA) is 181 Å². The van der Waals surface area contributed by atoms with Crippen molar-refractivity contribution in [2.45, 2.75) is 140 Å². The summed E-state index contributed by atoms with van der Waals surface area (Å²) in [4.78, 5) is 67.1. The zero-order valence-corrected chi connectivity index (χ0v) is 36.2. The highest BCUT2D eigenvalue weighted by Crippen LogP contribution is 2.49. The first-order valence-electron chi connectivity index (χ1n) is 20.0. The van der Waals surface area contributed by atoms with Crippen molar-refractivity contribution in [3.8, 4) is 11.4 Å². The number of esters is 2. The Labute approximate surface area is 344 Å². The number of likely N-dealkylation sites (N-methyl/N-ethyl adjacent to an activating group) is 1. The van der Waals surface area contributed by atoms with Crippen LogP contribution in [0.3, 0.4) is 0 Å². The van der Waals surface area contributed by atoms with Crippen molar-refractivity contribution >= 4 is 35.3 Å². The predicted molar refractivity (Wildman–Crippen MR) is 212 cm³/mol. The van der Waals surface area contributed by atoms with Gasteiger partial charge in [-0.25, -0.2) is 14.2 Å². The number of halogens is 1. The maximum absolute atomic E-state index is 16.9. The van der Waals surface area contributed by atoms with Crippen LogP contribution in [0.4, 0.5) is 4.39 Å². The highest BCUT2D eigenvalue weighted by molar-refractivity contribution is 8.00. The maximum Gasteiger partial charge on any atom is 0.351 e. The Balaban J connectivity index is 1.49. The van der Waals surface area contributed by atoms with Gasteiger partial charge in [-0.2, -0.15) is 5.10 Å². The van der Waals surface area contributed by atoms with Gasteiger partial charge in [0.1, 0.15) is 29.6 Å². The number of aliphatic hydroxyl groups is 1. The first kappa shape index (κ1) is 45.7. The van der Waals surface area contributed by atoms with Crippen LogP contribution in [0.2, 0.25) is 0 Å². The fourth-order valence-corrected chi connectivity index (χ4v) is 10.5. The number of rotatable bonds is 10. The minimum absolute atomic E-state index is 0.00327. The SMILES string of the molecule is CC[C@H]1OC(=O)[C@@](C)(F)C(=O)[C@H](C)[C@@H](O[C@@H]2O[C@H](C)C[C@H](N(C)C)[C@H]2O)[C@](C)(OC)C[C@@H](C)C(=O)[C@H](C)[C@@H]2C(SCCn3cnc(-c4cccnc4)n3)C(=O)O[C@]12C. The molecule has 2 aromatic heterocycles. The van der Waals surface area contributed by atoms with Crippen LogP contribution in [0, 0.1) is 23.7 Å². The van der Waals surface area contributed by atoms with Crippen molar-refractivity contribution in [2.24, 2.45) is 23.7 Å². The van der Waals surface area contributed by atoms with Crippen molar-refractivity contribution in [1.82, 2.24) is 24.6 Å². The molecule has 0 aliphatic carbocycles. The number of hydrogen-bond donors (Lipinski definition) is 1. The van der Waals surface area contributed by atoms with Crippen LogP contribution < -0.4 is 0 Å². The number of ketones is 2. The van der Waals surface area contributed by atoms with Gasteiger partial charge in [0, 0.05) is 60.5 Å². The van der Waals surface area contributed by atoms with Crippen LogP contribution in [0.5, 0.6) is 0 Å². The minimum Gasteiger partial charge on any atom is -0.455 e. The minimum atomic E-state index is -3.18. The fourth-order valence-electron chi connectivity index (χ4n) is 9.05. The van der Waals surface area contributed by atoms with E-state index in [-0.39, 0.29) is 30.8 Å². The molecule has 0 spiro atoms. The number of hydrogen-bond acceptors (Lipinski definition) is 15. The third kappa shape index (κ3) is 9.04. The van der Waals surface area contributed by atoms with E-state index in [1.165, 1.54) is 25.8 Å². The third-order valence-corrected chi connectivity index (χ3v) is 13.7. The van der Waals surface area contributed by atoms with E-state index in [4.69, 9.17) is 23.7 Å². The Bertz CT molecular complexity index is 1780. The molecule has 0 radical (unpaired) electrons. The number of pyridine rings is 1. The Morgan fingerprint density at radius 3 is 2.43 bits per heavy atom. The van der Waals surface area contributed by atoms with Gasteiger partial charge in [-0.15, -0.1) is 11.8 Å². The van der Waals surface area contributed by atoms with Crippen molar-refractivity contribution in [2.75, 3.05) is 27.0 Å². The molecule has 2 aromatic rings. The predicted octanol–water partition coefficient (Wildman–Crippen LogP) is 4.09. The van der Waals surface area contributed by atoms with Crippen LogP contribution in [-0.4, -0.2) is 139 Å². The number of ether oxygens (including phenoxy) is 5. The molecule has 0 bridgehead atoms. The van der Waals surface area contributed by atoms with Crippen LogP contribution >= 0.6 is 11.8 Å². The van der Waals surface area contributed by atoms with Gasteiger partial charge >= 0.3 is 11.9 Å². The van der Waals surface area contributed by atoms with Crippen LogP contribution in [-0.2, 0) is 49.4 Å². The summed E-state index contributed by atoms with van der Waals surface area (Å²) in [5.74, 6) is -6.32. The molecular formula is C41H60FN5O10S. The summed E-state index contributed by atoms with van der Waals surface area (Å²) in [5, 5.41) is 15.1. The second-order valence-electron chi connectivity index (χ2n) is 16.9. The van der Waals surface area contributed by atoms with E-state index >= 15 is 4.39 Å². The molecule has 0 aromatic carbocycles. The van der Waals surface area contributed by atoms with Gasteiger partial charge in [-0.1, -0.05) is 27.7 Å². The van der Waals surface area contributed by atoms with Crippen molar-refractivity contribution in [3.05, 3.63) is 30.9 Å². The van der Waals surface area contributed by atoms with E-state index < -0.39 is 88.1 Å². The van der Waals surface area contributed by atoms with Crippen molar-refractivity contribution in [1.29, 1.82) is 0 Å². The molecule has 1 N–H and O–H groups in total. The molecule has 3 aliphatic heterocycles. The molecule has 3 saturated heterocycles. The van der Waals surface area contributed by atoms with Crippen LogP contribution in [0.25, 0.3) is 11.4 Å². The molecule has 5 heterocycles. The molecule has 58 heavy (non-hydrogen) atoms. The first-order valence-corrected chi connectivity index (χ1v) is 21.1. The molecule has 322 valence electrons. The van der Waals surface area contributed by atoms with Crippen LogP contribution in [0.15, 0.2) is 30.9 Å². The fraction of sp³-hybridized carbons (Fsp3) is 0.732. The number of carbonyl (C=O) groups excluding carboxylic acids is 4. The standard InChI is InChI=1S/C41H60FN5O10S/c1-12-28-41(8)29(32(36(51)57-41)58-17-16-47-21-44-35(45-47)26-14-13-15-43-20-26)24(4)30(48)22(2)19-39(6,53-11)34(25(5)33(50)40(7,42)38(52)55-28)56-37-31(49)27(46(9)10)18-23(3)54-37/h13-15,20-25,27-29,31-32,34,37,49H,12,16-19H2,1-11H3/t22-,23-,24-,25+,27+,28-,29-,31-,32?,34-,37+,39-,40+,41-/m1/s1. The van der Waals surface area contributed by atoms with E-state index in [9.17, 15) is 24.3 Å². The van der Waals surface area contributed by atoms with E-state index in [2.05, 4.69) is 15.1 Å². The van der Waals surface area contributed by atoms with Crippen LogP contribution in [0.1, 0.15) is 74.7 Å².